The standard InChI is InChI=1S/C8H4BrF3N2O3/c9-4-2-1-3(8(10,11)12)5(7(13)15)6(4)14(16)17/h1-2H,(H2,13,15). The summed E-state index contributed by atoms with van der Waals surface area (Å²) in [6.07, 6.45) is -4.89. The maximum atomic E-state index is 12.5. The third-order valence-electron chi connectivity index (χ3n) is 1.86. The molecule has 0 atom stereocenters. The summed E-state index contributed by atoms with van der Waals surface area (Å²) < 4.78 is 37.4. The van der Waals surface area contributed by atoms with Crippen LogP contribution in [-0.4, -0.2) is 10.8 Å². The van der Waals surface area contributed by atoms with Crippen molar-refractivity contribution in [1.29, 1.82) is 0 Å². The summed E-state index contributed by atoms with van der Waals surface area (Å²) in [5, 5.41) is 10.6. The van der Waals surface area contributed by atoms with Crippen LogP contribution in [0.2, 0.25) is 0 Å². The number of alkyl halides is 3. The summed E-state index contributed by atoms with van der Waals surface area (Å²) >= 11 is 2.70. The summed E-state index contributed by atoms with van der Waals surface area (Å²) in [5.74, 6) is -1.51. The molecule has 0 aliphatic rings. The van der Waals surface area contributed by atoms with E-state index >= 15 is 0 Å². The van der Waals surface area contributed by atoms with Crippen LogP contribution in [0.4, 0.5) is 18.9 Å². The molecular weight excluding hydrogens is 309 g/mol. The van der Waals surface area contributed by atoms with Crippen molar-refractivity contribution in [3.05, 3.63) is 37.8 Å². The van der Waals surface area contributed by atoms with Crippen LogP contribution in [0.3, 0.4) is 0 Å². The number of amides is 1. The molecule has 5 nitrogen and oxygen atoms in total. The van der Waals surface area contributed by atoms with Crippen LogP contribution in [0.15, 0.2) is 16.6 Å². The second kappa shape index (κ2) is 4.32. The normalized spacial score (nSPS) is 11.3. The van der Waals surface area contributed by atoms with Crippen molar-refractivity contribution in [2.75, 3.05) is 0 Å². The first-order valence-electron chi connectivity index (χ1n) is 4.00. The fraction of sp³-hybridized carbons (Fsp3) is 0.125. The fourth-order valence-electron chi connectivity index (χ4n) is 1.23. The van der Waals surface area contributed by atoms with Gasteiger partial charge in [-0.05, 0) is 28.1 Å². The molecule has 0 saturated heterocycles. The Hall–Kier alpha value is -1.64. The quantitative estimate of drug-likeness (QED) is 0.672. The van der Waals surface area contributed by atoms with Gasteiger partial charge in [0.25, 0.3) is 11.6 Å². The maximum absolute atomic E-state index is 12.5. The molecule has 9 heteroatoms. The second-order valence-electron chi connectivity index (χ2n) is 2.94. The fourth-order valence-corrected chi connectivity index (χ4v) is 1.71. The number of nitro groups is 1. The van der Waals surface area contributed by atoms with Gasteiger partial charge in [-0.1, -0.05) is 0 Å². The largest absolute Gasteiger partial charge is 0.417 e. The van der Waals surface area contributed by atoms with Crippen molar-refractivity contribution in [2.24, 2.45) is 5.73 Å². The first-order chi connectivity index (χ1) is 7.66. The number of hydrogen-bond acceptors (Lipinski definition) is 3. The van der Waals surface area contributed by atoms with Gasteiger partial charge < -0.3 is 5.73 Å². The molecule has 0 heterocycles. The number of benzene rings is 1. The van der Waals surface area contributed by atoms with E-state index in [1.165, 1.54) is 0 Å². The first-order valence-corrected chi connectivity index (χ1v) is 4.79. The lowest BCUT2D eigenvalue weighted by atomic mass is 10.0. The van der Waals surface area contributed by atoms with E-state index in [-0.39, 0.29) is 4.47 Å². The molecule has 0 radical (unpaired) electrons. The van der Waals surface area contributed by atoms with Gasteiger partial charge in [-0.2, -0.15) is 13.2 Å². The third kappa shape index (κ3) is 2.54. The van der Waals surface area contributed by atoms with Crippen molar-refractivity contribution < 1.29 is 22.9 Å². The molecule has 0 aromatic heterocycles. The summed E-state index contributed by atoms with van der Waals surface area (Å²) in [6.45, 7) is 0. The molecule has 1 aromatic carbocycles. The van der Waals surface area contributed by atoms with Crippen molar-refractivity contribution in [2.45, 2.75) is 6.18 Å². The Morgan fingerprint density at radius 1 is 1.41 bits per heavy atom. The average Bonchev–Trinajstić information content (AvgIpc) is 2.14. The van der Waals surface area contributed by atoms with Gasteiger partial charge in [-0.15, -0.1) is 0 Å². The van der Waals surface area contributed by atoms with Crippen LogP contribution in [0.1, 0.15) is 15.9 Å². The molecule has 0 unspecified atom stereocenters. The topological polar surface area (TPSA) is 86.2 Å². The highest BCUT2D eigenvalue weighted by molar-refractivity contribution is 9.10. The van der Waals surface area contributed by atoms with Crippen LogP contribution in [0.5, 0.6) is 0 Å². The van der Waals surface area contributed by atoms with E-state index in [4.69, 9.17) is 5.73 Å². The van der Waals surface area contributed by atoms with Gasteiger partial charge in [0.15, 0.2) is 0 Å². The van der Waals surface area contributed by atoms with Gasteiger partial charge >= 0.3 is 6.18 Å². The molecular formula is C8H4BrF3N2O3. The van der Waals surface area contributed by atoms with Crippen molar-refractivity contribution in [3.63, 3.8) is 0 Å². The van der Waals surface area contributed by atoms with Gasteiger partial charge in [0, 0.05) is 0 Å². The number of carbonyl (C=O) groups is 1. The third-order valence-corrected chi connectivity index (χ3v) is 2.50. The number of hydrogen-bond donors (Lipinski definition) is 1. The highest BCUT2D eigenvalue weighted by Gasteiger charge is 2.39. The molecule has 2 N–H and O–H groups in total. The van der Waals surface area contributed by atoms with Gasteiger partial charge in [-0.3, -0.25) is 14.9 Å². The molecule has 0 bridgehead atoms. The van der Waals surface area contributed by atoms with E-state index in [9.17, 15) is 28.1 Å². The summed E-state index contributed by atoms with van der Waals surface area (Å²) in [4.78, 5) is 20.5. The molecule has 1 amide bonds. The van der Waals surface area contributed by atoms with Crippen LogP contribution >= 0.6 is 15.9 Å². The number of rotatable bonds is 2. The molecule has 1 rings (SSSR count). The van der Waals surface area contributed by atoms with Crippen molar-refractivity contribution >= 4 is 27.5 Å². The lowest BCUT2D eigenvalue weighted by molar-refractivity contribution is -0.386. The molecule has 0 aliphatic heterocycles. The molecule has 17 heavy (non-hydrogen) atoms. The van der Waals surface area contributed by atoms with Crippen molar-refractivity contribution in [1.82, 2.24) is 0 Å². The Kier molecular flexibility index (Phi) is 3.41. The molecule has 0 saturated carbocycles. The predicted octanol–water partition coefficient (Wildman–Crippen LogP) is 2.48. The number of primary amides is 1. The van der Waals surface area contributed by atoms with Gasteiger partial charge in [0.1, 0.15) is 5.56 Å². The van der Waals surface area contributed by atoms with Gasteiger partial charge in [0.2, 0.25) is 0 Å². The van der Waals surface area contributed by atoms with Crippen molar-refractivity contribution in [3.8, 4) is 0 Å². The van der Waals surface area contributed by atoms with E-state index in [0.717, 1.165) is 6.07 Å². The minimum Gasteiger partial charge on any atom is -0.365 e. The van der Waals surface area contributed by atoms with E-state index in [1.807, 2.05) is 0 Å². The Morgan fingerprint density at radius 2 is 1.94 bits per heavy atom. The van der Waals surface area contributed by atoms with E-state index < -0.39 is 33.8 Å². The number of carbonyl (C=O) groups excluding carboxylic acids is 1. The summed E-state index contributed by atoms with van der Waals surface area (Å²) in [6, 6.07) is 1.39. The number of nitrogens with two attached hydrogens (primary N) is 1. The molecule has 0 aliphatic carbocycles. The SMILES string of the molecule is NC(=O)c1c(C(F)(F)F)ccc(Br)c1[N+](=O)[O-]. The Bertz CT molecular complexity index is 502. The summed E-state index contributed by atoms with van der Waals surface area (Å²) in [5.41, 5.74) is 1.17. The van der Waals surface area contributed by atoms with Gasteiger partial charge in [-0.25, -0.2) is 0 Å². The maximum Gasteiger partial charge on any atom is 0.417 e. The van der Waals surface area contributed by atoms with E-state index in [1.54, 1.807) is 0 Å². The molecule has 0 spiro atoms. The van der Waals surface area contributed by atoms with Crippen LogP contribution < -0.4 is 5.73 Å². The van der Waals surface area contributed by atoms with Crippen LogP contribution in [0, 0.1) is 10.1 Å². The van der Waals surface area contributed by atoms with Crippen LogP contribution in [-0.2, 0) is 6.18 Å². The highest BCUT2D eigenvalue weighted by atomic mass is 79.9. The Morgan fingerprint density at radius 3 is 2.29 bits per heavy atom. The Labute approximate surface area is 101 Å². The number of nitrogens with zero attached hydrogens (tertiary/aromatic N) is 1. The minimum atomic E-state index is -4.89. The van der Waals surface area contributed by atoms with E-state index in [0.29, 0.717) is 6.07 Å². The average molecular weight is 313 g/mol. The Balaban J connectivity index is 3.72. The lowest BCUT2D eigenvalue weighted by Crippen LogP contribution is -2.20. The predicted molar refractivity (Wildman–Crippen MR) is 54.3 cm³/mol. The lowest BCUT2D eigenvalue weighted by Gasteiger charge is -2.11. The smallest absolute Gasteiger partial charge is 0.365 e. The monoisotopic (exact) mass is 312 g/mol. The van der Waals surface area contributed by atoms with Gasteiger partial charge in [0.05, 0.1) is 15.0 Å². The highest BCUT2D eigenvalue weighted by Crippen LogP contribution is 2.39. The molecule has 1 aromatic rings. The van der Waals surface area contributed by atoms with Crippen LogP contribution in [0.25, 0.3) is 0 Å². The molecule has 92 valence electrons. The zero-order chi connectivity index (χ0) is 13.4. The first kappa shape index (κ1) is 13.4. The zero-order valence-electron chi connectivity index (χ0n) is 7.92. The molecule has 0 fully saturated rings. The zero-order valence-corrected chi connectivity index (χ0v) is 9.50. The minimum absolute atomic E-state index is 0.246. The number of nitro benzene ring substituents is 1. The summed E-state index contributed by atoms with van der Waals surface area (Å²) in [7, 11) is 0. The second-order valence-corrected chi connectivity index (χ2v) is 3.79. The number of halogens is 4. The van der Waals surface area contributed by atoms with E-state index in [2.05, 4.69) is 15.9 Å².